The fraction of sp³-hybridized carbons (Fsp3) is 0.450. The molecule has 33 heavy (non-hydrogen) atoms. The molecule has 6 atom stereocenters. The van der Waals surface area contributed by atoms with Gasteiger partial charge in [0.15, 0.2) is 5.69 Å². The summed E-state index contributed by atoms with van der Waals surface area (Å²) < 4.78 is 19.5. The Morgan fingerprint density at radius 1 is 1.33 bits per heavy atom. The number of halogens is 1. The summed E-state index contributed by atoms with van der Waals surface area (Å²) in [5, 5.41) is 31.5. The van der Waals surface area contributed by atoms with Crippen molar-refractivity contribution in [2.24, 2.45) is 0 Å². The van der Waals surface area contributed by atoms with E-state index in [2.05, 4.69) is 26.3 Å². The molecule has 1 aliphatic heterocycles. The first-order valence-electron chi connectivity index (χ1n) is 9.90. The van der Waals surface area contributed by atoms with Crippen LogP contribution in [-0.4, -0.2) is 74.1 Å². The molecule has 4 rings (SSSR count). The summed E-state index contributed by atoms with van der Waals surface area (Å²) in [6.07, 6.45) is 2.16. The molecule has 0 spiro atoms. The Labute approximate surface area is 203 Å². The first kappa shape index (κ1) is 24.0. The minimum absolute atomic E-state index is 0.216. The molecule has 0 bridgehead atoms. The number of thioether (sulfide) groups is 1. The lowest BCUT2D eigenvalue weighted by Gasteiger charge is -2.46. The SMILES string of the molecule is COC1C(n2cc(-c3nccs3)nn2)[C@@H](OC)C(C(C)O)O[C@@H]1Sc1cc(Cl)cnc1C#N. The number of rotatable bonds is 7. The molecule has 0 aliphatic carbocycles. The molecular formula is C20H21ClN6O4S2. The molecule has 4 unspecified atom stereocenters. The first-order chi connectivity index (χ1) is 16.0. The van der Waals surface area contributed by atoms with Crippen LogP contribution in [0.4, 0.5) is 0 Å². The summed E-state index contributed by atoms with van der Waals surface area (Å²) in [4.78, 5) is 8.92. The van der Waals surface area contributed by atoms with Crippen LogP contribution >= 0.6 is 34.7 Å². The number of aliphatic hydroxyl groups is 1. The summed E-state index contributed by atoms with van der Waals surface area (Å²) in [5.74, 6) is 0. The van der Waals surface area contributed by atoms with Gasteiger partial charge in [0.1, 0.15) is 46.6 Å². The zero-order chi connectivity index (χ0) is 23.5. The van der Waals surface area contributed by atoms with Crippen molar-refractivity contribution in [2.75, 3.05) is 14.2 Å². The van der Waals surface area contributed by atoms with Gasteiger partial charge in [-0.2, -0.15) is 5.26 Å². The topological polar surface area (TPSA) is 128 Å². The normalized spacial score (nSPS) is 26.1. The summed E-state index contributed by atoms with van der Waals surface area (Å²) in [6, 6.07) is 3.22. The number of pyridine rings is 1. The number of aromatic nitrogens is 5. The number of nitrogens with zero attached hydrogens (tertiary/aromatic N) is 6. The summed E-state index contributed by atoms with van der Waals surface area (Å²) in [6.45, 7) is 1.63. The minimum Gasteiger partial charge on any atom is -0.391 e. The van der Waals surface area contributed by atoms with E-state index in [1.165, 1.54) is 29.3 Å². The maximum atomic E-state index is 10.5. The van der Waals surface area contributed by atoms with E-state index >= 15 is 0 Å². The smallest absolute Gasteiger partial charge is 0.154 e. The van der Waals surface area contributed by atoms with Gasteiger partial charge in [-0.1, -0.05) is 28.6 Å². The number of nitriles is 1. The molecule has 1 saturated heterocycles. The fourth-order valence-corrected chi connectivity index (χ4v) is 5.80. The van der Waals surface area contributed by atoms with Gasteiger partial charge in [0.25, 0.3) is 0 Å². The van der Waals surface area contributed by atoms with Crippen molar-refractivity contribution in [3.8, 4) is 16.8 Å². The second-order valence-corrected chi connectivity index (χ2v) is 9.72. The maximum absolute atomic E-state index is 10.5. The Kier molecular flexibility index (Phi) is 7.60. The number of aliphatic hydroxyl groups excluding tert-OH is 1. The van der Waals surface area contributed by atoms with Crippen molar-refractivity contribution in [3.63, 3.8) is 0 Å². The monoisotopic (exact) mass is 508 g/mol. The molecule has 3 aromatic heterocycles. The van der Waals surface area contributed by atoms with E-state index in [-0.39, 0.29) is 5.69 Å². The van der Waals surface area contributed by atoms with E-state index in [0.29, 0.717) is 15.6 Å². The Balaban J connectivity index is 1.73. The molecule has 0 saturated carbocycles. The molecule has 174 valence electrons. The molecule has 10 nitrogen and oxygen atoms in total. The van der Waals surface area contributed by atoms with Crippen LogP contribution in [0.5, 0.6) is 0 Å². The van der Waals surface area contributed by atoms with Gasteiger partial charge in [-0.05, 0) is 13.0 Å². The van der Waals surface area contributed by atoms with E-state index in [0.717, 1.165) is 5.01 Å². The quantitative estimate of drug-likeness (QED) is 0.508. The van der Waals surface area contributed by atoms with Gasteiger partial charge in [0.05, 0.1) is 17.3 Å². The second-order valence-electron chi connectivity index (χ2n) is 7.25. The molecule has 3 aromatic rings. The lowest BCUT2D eigenvalue weighted by Crippen LogP contribution is -2.58. The van der Waals surface area contributed by atoms with Gasteiger partial charge >= 0.3 is 0 Å². The zero-order valence-corrected chi connectivity index (χ0v) is 20.3. The third-order valence-corrected chi connectivity index (χ3v) is 7.39. The van der Waals surface area contributed by atoms with Gasteiger partial charge in [-0.3, -0.25) is 0 Å². The van der Waals surface area contributed by atoms with Crippen molar-refractivity contribution >= 4 is 34.7 Å². The third-order valence-electron chi connectivity index (χ3n) is 5.21. The lowest BCUT2D eigenvalue weighted by molar-refractivity contribution is -0.208. The minimum atomic E-state index is -0.853. The Morgan fingerprint density at radius 2 is 2.12 bits per heavy atom. The molecule has 1 N–H and O–H groups in total. The van der Waals surface area contributed by atoms with Crippen LogP contribution in [-0.2, 0) is 14.2 Å². The lowest BCUT2D eigenvalue weighted by atomic mass is 9.94. The van der Waals surface area contributed by atoms with Crippen LogP contribution in [0.15, 0.2) is 34.9 Å². The summed E-state index contributed by atoms with van der Waals surface area (Å²) in [7, 11) is 3.11. The summed E-state index contributed by atoms with van der Waals surface area (Å²) >= 11 is 8.82. The molecule has 0 aromatic carbocycles. The van der Waals surface area contributed by atoms with Crippen molar-refractivity contribution < 1.29 is 19.3 Å². The number of methoxy groups -OCH3 is 2. The molecule has 13 heteroatoms. The predicted molar refractivity (Wildman–Crippen MR) is 122 cm³/mol. The van der Waals surface area contributed by atoms with Gasteiger partial charge in [0, 0.05) is 36.9 Å². The van der Waals surface area contributed by atoms with Crippen LogP contribution in [0.3, 0.4) is 0 Å². The van der Waals surface area contributed by atoms with Gasteiger partial charge < -0.3 is 19.3 Å². The van der Waals surface area contributed by atoms with E-state index in [9.17, 15) is 10.4 Å². The fourth-order valence-electron chi connectivity index (χ4n) is 3.75. The van der Waals surface area contributed by atoms with Crippen LogP contribution in [0, 0.1) is 11.3 Å². The highest BCUT2D eigenvalue weighted by Crippen LogP contribution is 2.42. The highest BCUT2D eigenvalue weighted by molar-refractivity contribution is 7.99. The van der Waals surface area contributed by atoms with Crippen LogP contribution < -0.4 is 0 Å². The number of hydrogen-bond acceptors (Lipinski definition) is 11. The number of thiazole rings is 1. The van der Waals surface area contributed by atoms with Gasteiger partial charge in [-0.15, -0.1) is 16.4 Å². The molecule has 4 heterocycles. The largest absolute Gasteiger partial charge is 0.391 e. The van der Waals surface area contributed by atoms with Crippen LogP contribution in [0.2, 0.25) is 5.02 Å². The Bertz CT molecular complexity index is 1120. The zero-order valence-electron chi connectivity index (χ0n) is 17.9. The standard InChI is InChI=1S/C20H21ClN6O4S2/c1-10(28)16-17(29-2)15(27-9-13(25-26-27)19-23-4-5-32-19)18(30-3)20(31-16)33-14-6-11(21)8-24-12(14)7-22/h4-6,8-10,15-18,20,28H,1-3H3/t10?,15?,16?,17-,18?,20-/m1/s1. The molecule has 1 fully saturated rings. The highest BCUT2D eigenvalue weighted by atomic mass is 35.5. The van der Waals surface area contributed by atoms with Crippen molar-refractivity contribution in [1.29, 1.82) is 5.26 Å². The Morgan fingerprint density at radius 3 is 2.76 bits per heavy atom. The maximum Gasteiger partial charge on any atom is 0.154 e. The first-order valence-corrected chi connectivity index (χ1v) is 12.0. The average molecular weight is 509 g/mol. The second kappa shape index (κ2) is 10.4. The average Bonchev–Trinajstić information content (AvgIpc) is 3.50. The van der Waals surface area contributed by atoms with E-state index in [4.69, 9.17) is 25.8 Å². The van der Waals surface area contributed by atoms with E-state index in [1.807, 2.05) is 5.38 Å². The van der Waals surface area contributed by atoms with Crippen LogP contribution in [0.25, 0.3) is 10.7 Å². The molecule has 1 aliphatic rings. The Hall–Kier alpha value is -2.11. The predicted octanol–water partition coefficient (Wildman–Crippen LogP) is 2.79. The highest BCUT2D eigenvalue weighted by Gasteiger charge is 2.50. The molecule has 0 amide bonds. The molecule has 0 radical (unpaired) electrons. The van der Waals surface area contributed by atoms with Gasteiger partial charge in [0.2, 0.25) is 0 Å². The number of ether oxygens (including phenoxy) is 3. The van der Waals surface area contributed by atoms with Crippen molar-refractivity contribution in [1.82, 2.24) is 25.0 Å². The number of hydrogen-bond donors (Lipinski definition) is 1. The van der Waals surface area contributed by atoms with E-state index < -0.39 is 35.9 Å². The third kappa shape index (κ3) is 4.90. The summed E-state index contributed by atoms with van der Waals surface area (Å²) in [5.41, 5.74) is 0.198. The van der Waals surface area contributed by atoms with Crippen molar-refractivity contribution in [2.45, 2.75) is 47.7 Å². The van der Waals surface area contributed by atoms with E-state index in [1.54, 1.807) is 44.3 Å². The van der Waals surface area contributed by atoms with Crippen molar-refractivity contribution in [3.05, 3.63) is 40.8 Å². The van der Waals surface area contributed by atoms with Gasteiger partial charge in [-0.25, -0.2) is 14.6 Å². The van der Waals surface area contributed by atoms with Crippen LogP contribution in [0.1, 0.15) is 18.7 Å². The molecular weight excluding hydrogens is 488 g/mol.